The lowest BCUT2D eigenvalue weighted by atomic mass is 9.95. The number of nitrogens with zero attached hydrogens (tertiary/aromatic N) is 3. The average molecular weight is 656 g/mol. The minimum atomic E-state index is -1.00. The number of aromatic nitrogens is 2. The maximum Gasteiger partial charge on any atom is 0.301 e. The molecule has 45 heavy (non-hydrogen) atoms. The largest absolute Gasteiger partial charge is 0.508 e. The fraction of sp³-hybridized carbons (Fsp3) is 0.118. The summed E-state index contributed by atoms with van der Waals surface area (Å²) >= 11 is 8.86. The number of benzene rings is 4. The molecule has 0 aliphatic carbocycles. The molecule has 1 aliphatic rings. The van der Waals surface area contributed by atoms with Crippen molar-refractivity contribution in [2.24, 2.45) is 0 Å². The molecular formula is C34H26ClN3O5S2. The van der Waals surface area contributed by atoms with Crippen molar-refractivity contribution in [3.63, 3.8) is 0 Å². The summed E-state index contributed by atoms with van der Waals surface area (Å²) < 4.78 is 6.51. The van der Waals surface area contributed by atoms with Crippen LogP contribution in [0, 0.1) is 6.92 Å². The van der Waals surface area contributed by atoms with Gasteiger partial charge in [0.1, 0.15) is 23.9 Å². The number of phenolic OH excluding ortho intramolecular Hbond substituents is 1. The predicted molar refractivity (Wildman–Crippen MR) is 176 cm³/mol. The van der Waals surface area contributed by atoms with E-state index in [1.807, 2.05) is 55.5 Å². The zero-order chi connectivity index (χ0) is 31.5. The molecule has 0 saturated carbocycles. The molecule has 1 aliphatic heterocycles. The van der Waals surface area contributed by atoms with Gasteiger partial charge in [-0.15, -0.1) is 10.2 Å². The van der Waals surface area contributed by atoms with Crippen LogP contribution in [0.5, 0.6) is 11.5 Å². The molecule has 1 amide bonds. The monoisotopic (exact) mass is 655 g/mol. The number of thioether (sulfide) groups is 1. The molecule has 11 heteroatoms. The van der Waals surface area contributed by atoms with Crippen LogP contribution in [0.3, 0.4) is 0 Å². The Labute approximate surface area is 272 Å². The minimum Gasteiger partial charge on any atom is -0.508 e. The maximum absolute atomic E-state index is 13.5. The van der Waals surface area contributed by atoms with Crippen LogP contribution in [0.2, 0.25) is 5.02 Å². The van der Waals surface area contributed by atoms with Crippen molar-refractivity contribution in [2.75, 3.05) is 4.90 Å². The van der Waals surface area contributed by atoms with E-state index < -0.39 is 17.7 Å². The van der Waals surface area contributed by atoms with Gasteiger partial charge in [-0.25, -0.2) is 0 Å². The van der Waals surface area contributed by atoms with E-state index >= 15 is 0 Å². The van der Waals surface area contributed by atoms with Crippen molar-refractivity contribution in [3.05, 3.63) is 135 Å². The second-order valence-electron chi connectivity index (χ2n) is 10.2. The number of aliphatic hydroxyl groups excluding tert-OH is 1. The Kier molecular flexibility index (Phi) is 8.88. The van der Waals surface area contributed by atoms with Crippen molar-refractivity contribution in [3.8, 4) is 11.5 Å². The number of phenols is 1. The second kappa shape index (κ2) is 13.2. The van der Waals surface area contributed by atoms with Crippen LogP contribution in [0.15, 0.2) is 107 Å². The quantitative estimate of drug-likeness (QED) is 0.0546. The van der Waals surface area contributed by atoms with Gasteiger partial charge in [-0.2, -0.15) is 0 Å². The van der Waals surface area contributed by atoms with Gasteiger partial charge in [-0.3, -0.25) is 14.5 Å². The first-order chi connectivity index (χ1) is 21.8. The number of ether oxygens (including phenoxy) is 1. The summed E-state index contributed by atoms with van der Waals surface area (Å²) in [5.74, 6) is -0.888. The number of carbonyl (C=O) groups excluding carboxylic acids is 2. The van der Waals surface area contributed by atoms with E-state index in [0.29, 0.717) is 38.6 Å². The standard InChI is InChI=1S/C34H26ClN3O5S2/c1-20-6-2-3-7-23(20)18-43-26-16-12-22(13-17-26)30(40)28-29(21-10-14-25(39)15-11-21)38(32(42)31(28)41)33-36-37-34(45-33)44-19-24-8-4-5-9-27(24)35/h2-17,29,39-40H,18-19H2,1H3/b30-28+. The van der Waals surface area contributed by atoms with Crippen LogP contribution < -0.4 is 9.64 Å². The molecule has 0 spiro atoms. The topological polar surface area (TPSA) is 113 Å². The van der Waals surface area contributed by atoms with Crippen LogP contribution in [0.1, 0.15) is 33.9 Å². The Bertz CT molecular complexity index is 1910. The van der Waals surface area contributed by atoms with E-state index in [-0.39, 0.29) is 22.2 Å². The van der Waals surface area contributed by atoms with Gasteiger partial charge in [-0.05, 0) is 71.6 Å². The number of Topliss-reactive ketones (excluding diaryl/α,β-unsaturated/α-hetero) is 1. The molecule has 2 N–H and O–H groups in total. The van der Waals surface area contributed by atoms with E-state index in [1.54, 1.807) is 36.4 Å². The third kappa shape index (κ3) is 6.44. The van der Waals surface area contributed by atoms with E-state index in [2.05, 4.69) is 10.2 Å². The molecule has 226 valence electrons. The normalized spacial score (nSPS) is 15.9. The van der Waals surface area contributed by atoms with Crippen LogP contribution in [-0.4, -0.2) is 32.1 Å². The fourth-order valence-electron chi connectivity index (χ4n) is 4.91. The highest BCUT2D eigenvalue weighted by Gasteiger charge is 2.48. The third-order valence-electron chi connectivity index (χ3n) is 7.35. The molecule has 6 rings (SSSR count). The summed E-state index contributed by atoms with van der Waals surface area (Å²) in [6.45, 7) is 2.40. The first kappa shape index (κ1) is 30.4. The number of aryl methyl sites for hydroxylation is 1. The second-order valence-corrected chi connectivity index (χ2v) is 12.8. The van der Waals surface area contributed by atoms with Crippen molar-refractivity contribution in [1.82, 2.24) is 10.2 Å². The summed E-state index contributed by atoms with van der Waals surface area (Å²) in [4.78, 5) is 28.3. The number of hydrogen-bond donors (Lipinski definition) is 2. The van der Waals surface area contributed by atoms with Crippen molar-refractivity contribution in [2.45, 2.75) is 29.7 Å². The Balaban J connectivity index is 1.30. The van der Waals surface area contributed by atoms with Crippen molar-refractivity contribution >= 4 is 57.3 Å². The Hall–Kier alpha value is -4.64. The van der Waals surface area contributed by atoms with Gasteiger partial charge >= 0.3 is 5.91 Å². The number of carbonyl (C=O) groups is 2. The predicted octanol–water partition coefficient (Wildman–Crippen LogP) is 7.70. The van der Waals surface area contributed by atoms with Gasteiger partial charge in [0.2, 0.25) is 5.13 Å². The number of rotatable bonds is 9. The Morgan fingerprint density at radius 2 is 1.62 bits per heavy atom. The summed E-state index contributed by atoms with van der Waals surface area (Å²) in [6, 6.07) is 27.2. The molecule has 2 heterocycles. The molecule has 4 aromatic carbocycles. The molecule has 8 nitrogen and oxygen atoms in total. The van der Waals surface area contributed by atoms with Gasteiger partial charge in [0.05, 0.1) is 11.6 Å². The SMILES string of the molecule is Cc1ccccc1COc1ccc(/C(O)=C2\C(=O)C(=O)N(c3nnc(SCc4ccccc4Cl)s3)C2c2ccc(O)cc2)cc1. The molecule has 1 aromatic heterocycles. The maximum atomic E-state index is 13.5. The third-order valence-corrected chi connectivity index (χ3v) is 9.82. The molecule has 1 fully saturated rings. The number of anilines is 1. The first-order valence-electron chi connectivity index (χ1n) is 13.9. The van der Waals surface area contributed by atoms with Crippen molar-refractivity contribution < 1.29 is 24.5 Å². The number of aliphatic hydroxyl groups is 1. The number of aromatic hydroxyl groups is 1. The van der Waals surface area contributed by atoms with Crippen LogP contribution in [0.4, 0.5) is 5.13 Å². The number of amides is 1. The number of halogens is 1. The average Bonchev–Trinajstić information content (AvgIpc) is 3.62. The number of ketones is 1. The van der Waals surface area contributed by atoms with E-state index in [1.165, 1.54) is 28.8 Å². The Morgan fingerprint density at radius 1 is 0.933 bits per heavy atom. The highest BCUT2D eigenvalue weighted by atomic mass is 35.5. The smallest absolute Gasteiger partial charge is 0.301 e. The lowest BCUT2D eigenvalue weighted by molar-refractivity contribution is -0.132. The zero-order valence-corrected chi connectivity index (χ0v) is 26.3. The molecule has 1 unspecified atom stereocenters. The molecule has 0 bridgehead atoms. The Morgan fingerprint density at radius 3 is 2.33 bits per heavy atom. The van der Waals surface area contributed by atoms with Crippen LogP contribution in [0.25, 0.3) is 5.76 Å². The first-order valence-corrected chi connectivity index (χ1v) is 16.1. The summed E-state index contributed by atoms with van der Waals surface area (Å²) in [6.07, 6.45) is 0. The fourth-order valence-corrected chi connectivity index (χ4v) is 7.07. The highest BCUT2D eigenvalue weighted by molar-refractivity contribution is 8.00. The van der Waals surface area contributed by atoms with Gasteiger partial charge in [0.15, 0.2) is 4.34 Å². The summed E-state index contributed by atoms with van der Waals surface area (Å²) in [7, 11) is 0. The lowest BCUT2D eigenvalue weighted by Crippen LogP contribution is -2.29. The van der Waals surface area contributed by atoms with Gasteiger partial charge in [0.25, 0.3) is 5.78 Å². The zero-order valence-electron chi connectivity index (χ0n) is 23.9. The molecule has 1 saturated heterocycles. The number of hydrogen-bond acceptors (Lipinski definition) is 9. The highest BCUT2D eigenvalue weighted by Crippen LogP contribution is 2.44. The molecule has 0 radical (unpaired) electrons. The molecule has 1 atom stereocenters. The van der Waals surface area contributed by atoms with Gasteiger partial charge in [0, 0.05) is 16.3 Å². The molecular weight excluding hydrogens is 630 g/mol. The minimum absolute atomic E-state index is 0.0196. The summed E-state index contributed by atoms with van der Waals surface area (Å²) in [5, 5.41) is 30.7. The van der Waals surface area contributed by atoms with Gasteiger partial charge < -0.3 is 14.9 Å². The lowest BCUT2D eigenvalue weighted by Gasteiger charge is -2.22. The van der Waals surface area contributed by atoms with Crippen LogP contribution >= 0.6 is 34.7 Å². The van der Waals surface area contributed by atoms with E-state index in [0.717, 1.165) is 28.0 Å². The summed E-state index contributed by atoms with van der Waals surface area (Å²) in [5.41, 5.74) is 3.85. The van der Waals surface area contributed by atoms with E-state index in [4.69, 9.17) is 16.3 Å². The van der Waals surface area contributed by atoms with Crippen molar-refractivity contribution in [1.29, 1.82) is 0 Å². The van der Waals surface area contributed by atoms with Crippen LogP contribution in [-0.2, 0) is 21.9 Å². The molecule has 5 aromatic rings. The van der Waals surface area contributed by atoms with Gasteiger partial charge in [-0.1, -0.05) is 89.3 Å². The van der Waals surface area contributed by atoms with E-state index in [9.17, 15) is 19.8 Å².